The van der Waals surface area contributed by atoms with Gasteiger partial charge in [-0.2, -0.15) is 0 Å². The van der Waals surface area contributed by atoms with E-state index in [-0.39, 0.29) is 18.6 Å². The molecule has 2 aromatic rings. The van der Waals surface area contributed by atoms with Crippen molar-refractivity contribution in [1.82, 2.24) is 4.98 Å². The molecule has 0 fully saturated rings. The van der Waals surface area contributed by atoms with Gasteiger partial charge in [-0.15, -0.1) is 6.07 Å². The molecule has 11 heavy (non-hydrogen) atoms. The van der Waals surface area contributed by atoms with Crippen LogP contribution in [0, 0.1) is 12.4 Å². The molecule has 0 atom stereocenters. The molecule has 0 aliphatic heterocycles. The maximum absolute atomic E-state index is 4.11. The van der Waals surface area contributed by atoms with Crippen molar-refractivity contribution in [3.63, 3.8) is 0 Å². The van der Waals surface area contributed by atoms with Crippen LogP contribution in [0.4, 0.5) is 0 Å². The first-order valence-corrected chi connectivity index (χ1v) is 3.92. The summed E-state index contributed by atoms with van der Waals surface area (Å²) < 4.78 is 1.22. The summed E-state index contributed by atoms with van der Waals surface area (Å²) in [7, 11) is 0. The molecule has 1 aromatic carbocycles. The Hall–Kier alpha value is -0.306. The minimum absolute atomic E-state index is 0. The second kappa shape index (κ2) is 3.39. The van der Waals surface area contributed by atoms with Crippen LogP contribution in [-0.4, -0.2) is 4.98 Å². The van der Waals surface area contributed by atoms with Crippen LogP contribution in [0.15, 0.2) is 18.2 Å². The van der Waals surface area contributed by atoms with Gasteiger partial charge in [-0.05, 0) is 5.51 Å². The summed E-state index contributed by atoms with van der Waals surface area (Å²) in [6.45, 7) is 2.07. The van der Waals surface area contributed by atoms with Crippen molar-refractivity contribution in [3.8, 4) is 0 Å². The van der Waals surface area contributed by atoms with Gasteiger partial charge in [-0.1, -0.05) is 34.8 Å². The predicted octanol–water partition coefficient (Wildman–Crippen LogP) is 2.40. The molecule has 1 aromatic heterocycles. The van der Waals surface area contributed by atoms with Crippen molar-refractivity contribution in [2.45, 2.75) is 6.92 Å². The summed E-state index contributed by atoms with van der Waals surface area (Å²) in [6.07, 6.45) is 0. The van der Waals surface area contributed by atoms with E-state index in [9.17, 15) is 0 Å². The Morgan fingerprint density at radius 1 is 1.45 bits per heavy atom. The summed E-state index contributed by atoms with van der Waals surface area (Å²) in [6, 6.07) is 6.18. The van der Waals surface area contributed by atoms with Gasteiger partial charge in [0, 0.05) is 18.6 Å². The standard InChI is InChI=1S/C8H6NS.V/c1-6-3-2-4-7-8(6)9-5-10-7;/h2-4H,1H3;/q-1;. The van der Waals surface area contributed by atoms with E-state index in [1.54, 1.807) is 11.3 Å². The van der Waals surface area contributed by atoms with Crippen molar-refractivity contribution in [2.75, 3.05) is 0 Å². The Labute approximate surface area is 81.3 Å². The third-order valence-corrected chi connectivity index (χ3v) is 2.25. The van der Waals surface area contributed by atoms with Gasteiger partial charge in [0.15, 0.2) is 0 Å². The van der Waals surface area contributed by atoms with Crippen molar-refractivity contribution in [2.24, 2.45) is 0 Å². The number of thiazole rings is 1. The number of para-hydroxylation sites is 1. The smallest absolute Gasteiger partial charge is 0 e. The Bertz CT molecular complexity index is 356. The summed E-state index contributed by atoms with van der Waals surface area (Å²) in [5.41, 5.74) is 5.19. The number of aromatic nitrogens is 1. The van der Waals surface area contributed by atoms with E-state index in [2.05, 4.69) is 29.6 Å². The van der Waals surface area contributed by atoms with Crippen molar-refractivity contribution in [3.05, 3.63) is 29.3 Å². The van der Waals surface area contributed by atoms with Gasteiger partial charge in [0.1, 0.15) is 0 Å². The largest absolute Gasteiger partial charge is 0.386 e. The first-order chi connectivity index (χ1) is 4.88. The van der Waals surface area contributed by atoms with Crippen LogP contribution in [0.3, 0.4) is 0 Å². The first kappa shape index (κ1) is 8.79. The molecular formula is C8H6NSV-. The van der Waals surface area contributed by atoms with Crippen LogP contribution >= 0.6 is 11.3 Å². The van der Waals surface area contributed by atoms with Gasteiger partial charge in [0.25, 0.3) is 0 Å². The zero-order valence-electron chi connectivity index (χ0n) is 6.03. The minimum Gasteiger partial charge on any atom is -0.386 e. The van der Waals surface area contributed by atoms with Crippen LogP contribution in [0.1, 0.15) is 5.56 Å². The summed E-state index contributed by atoms with van der Waals surface area (Å²) in [5.74, 6) is 0. The fourth-order valence-electron chi connectivity index (χ4n) is 0.975. The molecule has 0 bridgehead atoms. The van der Waals surface area contributed by atoms with Gasteiger partial charge >= 0.3 is 0 Å². The Balaban J connectivity index is 0.000000605. The SMILES string of the molecule is Cc1cccc2s[c-]nc12.[V]. The average molecular weight is 199 g/mol. The monoisotopic (exact) mass is 199 g/mol. The quantitative estimate of drug-likeness (QED) is 0.593. The molecule has 55 valence electrons. The van der Waals surface area contributed by atoms with E-state index >= 15 is 0 Å². The molecule has 0 aliphatic rings. The number of hydrogen-bond donors (Lipinski definition) is 0. The van der Waals surface area contributed by atoms with Gasteiger partial charge in [-0.3, -0.25) is 11.3 Å². The van der Waals surface area contributed by atoms with Crippen molar-refractivity contribution < 1.29 is 18.6 Å². The number of benzene rings is 1. The van der Waals surface area contributed by atoms with Gasteiger partial charge in [0.2, 0.25) is 0 Å². The number of rotatable bonds is 0. The van der Waals surface area contributed by atoms with Gasteiger partial charge in [0.05, 0.1) is 0 Å². The van der Waals surface area contributed by atoms with E-state index in [0.717, 1.165) is 5.52 Å². The van der Waals surface area contributed by atoms with Gasteiger partial charge < -0.3 is 4.98 Å². The molecule has 1 heterocycles. The third kappa shape index (κ3) is 1.48. The van der Waals surface area contributed by atoms with Crippen LogP contribution in [-0.2, 0) is 18.6 Å². The van der Waals surface area contributed by atoms with E-state index in [1.807, 2.05) is 6.07 Å². The molecule has 0 aliphatic carbocycles. The van der Waals surface area contributed by atoms with Crippen molar-refractivity contribution in [1.29, 1.82) is 0 Å². The van der Waals surface area contributed by atoms with Crippen LogP contribution < -0.4 is 0 Å². The molecule has 1 nitrogen and oxygen atoms in total. The Morgan fingerprint density at radius 3 is 3.00 bits per heavy atom. The molecular weight excluding hydrogens is 193 g/mol. The molecule has 0 spiro atoms. The Morgan fingerprint density at radius 2 is 2.27 bits per heavy atom. The van der Waals surface area contributed by atoms with Crippen LogP contribution in [0.25, 0.3) is 10.2 Å². The first-order valence-electron chi connectivity index (χ1n) is 3.10. The molecule has 2 rings (SSSR count). The average Bonchev–Trinajstić information content (AvgIpc) is 2.36. The zero-order chi connectivity index (χ0) is 6.97. The van der Waals surface area contributed by atoms with Crippen LogP contribution in [0.5, 0.6) is 0 Å². The summed E-state index contributed by atoms with van der Waals surface area (Å²) >= 11 is 1.57. The van der Waals surface area contributed by atoms with E-state index in [4.69, 9.17) is 0 Å². The third-order valence-electron chi connectivity index (χ3n) is 1.51. The normalized spacial score (nSPS) is 9.55. The van der Waals surface area contributed by atoms with Gasteiger partial charge in [-0.25, -0.2) is 0 Å². The topological polar surface area (TPSA) is 12.9 Å². The minimum atomic E-state index is 0. The van der Waals surface area contributed by atoms with E-state index in [0.29, 0.717) is 0 Å². The fraction of sp³-hybridized carbons (Fsp3) is 0.125. The Kier molecular flexibility index (Phi) is 2.71. The number of nitrogens with zero attached hydrogens (tertiary/aromatic N) is 1. The van der Waals surface area contributed by atoms with Crippen LogP contribution in [0.2, 0.25) is 0 Å². The number of aryl methyl sites for hydroxylation is 1. The predicted molar refractivity (Wildman–Crippen MR) is 43.2 cm³/mol. The maximum atomic E-state index is 4.11. The summed E-state index contributed by atoms with van der Waals surface area (Å²) in [4.78, 5) is 4.11. The molecule has 0 saturated heterocycles. The maximum Gasteiger partial charge on any atom is 0 e. The number of fused-ring (bicyclic) bond motifs is 1. The second-order valence-electron chi connectivity index (χ2n) is 2.23. The van der Waals surface area contributed by atoms with Crippen molar-refractivity contribution >= 4 is 21.6 Å². The fourth-order valence-corrected chi connectivity index (χ4v) is 1.66. The van der Waals surface area contributed by atoms with E-state index in [1.165, 1.54) is 10.3 Å². The number of hydrogen-bond acceptors (Lipinski definition) is 2. The molecule has 0 unspecified atom stereocenters. The summed E-state index contributed by atoms with van der Waals surface area (Å²) in [5, 5.41) is 0. The molecule has 1 radical (unpaired) electrons. The molecule has 0 saturated carbocycles. The molecule has 3 heteroatoms. The van der Waals surface area contributed by atoms with E-state index < -0.39 is 0 Å². The zero-order valence-corrected chi connectivity index (χ0v) is 8.25. The molecule has 0 amide bonds. The molecule has 0 N–H and O–H groups in total. The second-order valence-corrected chi connectivity index (χ2v) is 3.05.